The fourth-order valence-corrected chi connectivity index (χ4v) is 6.02. The average Bonchev–Trinajstić information content (AvgIpc) is 3.73. The molecule has 0 spiro atoms. The third-order valence-electron chi connectivity index (χ3n) is 8.20. The molecule has 3 aromatic carbocycles. The summed E-state index contributed by atoms with van der Waals surface area (Å²) in [6.07, 6.45) is 5.93. The predicted octanol–water partition coefficient (Wildman–Crippen LogP) is 5.93. The number of H-pyrrole nitrogens is 1. The number of nitrogens with zero attached hydrogens (tertiary/aromatic N) is 6. The Morgan fingerprint density at radius 3 is 2.37 bits per heavy atom. The van der Waals surface area contributed by atoms with Crippen molar-refractivity contribution in [2.75, 3.05) is 13.2 Å². The second-order valence-electron chi connectivity index (χ2n) is 11.1. The maximum absolute atomic E-state index is 6.11. The number of amidine groups is 1. The summed E-state index contributed by atoms with van der Waals surface area (Å²) in [5.74, 6) is 1.58. The van der Waals surface area contributed by atoms with Crippen LogP contribution in [0.3, 0.4) is 0 Å². The summed E-state index contributed by atoms with van der Waals surface area (Å²) in [5.41, 5.74) is 7.50. The van der Waals surface area contributed by atoms with Crippen LogP contribution in [-0.2, 0) is 16.0 Å². The number of hydrogen-bond donors (Lipinski definition) is 1. The summed E-state index contributed by atoms with van der Waals surface area (Å²) in [6.45, 7) is 4.30. The molecule has 1 saturated heterocycles. The van der Waals surface area contributed by atoms with Crippen molar-refractivity contribution in [2.24, 2.45) is 9.98 Å². The van der Waals surface area contributed by atoms with Crippen LogP contribution in [0.4, 0.5) is 0 Å². The molecule has 0 bridgehead atoms. The third kappa shape index (κ3) is 5.66. The third-order valence-corrected chi connectivity index (χ3v) is 8.20. The number of hydrogen-bond acceptors (Lipinski definition) is 8. The summed E-state index contributed by atoms with van der Waals surface area (Å²) in [5, 5.41) is 14.5. The van der Waals surface area contributed by atoms with E-state index in [9.17, 15) is 0 Å². The second kappa shape index (κ2) is 12.4. The minimum absolute atomic E-state index is 0.0354. The Balaban J connectivity index is 1.19. The van der Waals surface area contributed by atoms with Gasteiger partial charge in [-0.1, -0.05) is 92.2 Å². The molecule has 1 N–H and O–H groups in total. The molecular weight excluding hydrogens is 538 g/mol. The van der Waals surface area contributed by atoms with E-state index >= 15 is 0 Å². The first-order valence-electron chi connectivity index (χ1n) is 15.1. The molecule has 1 aromatic heterocycles. The molecule has 1 fully saturated rings. The van der Waals surface area contributed by atoms with Gasteiger partial charge >= 0.3 is 0 Å². The zero-order valence-corrected chi connectivity index (χ0v) is 24.3. The van der Waals surface area contributed by atoms with Gasteiger partial charge in [0.2, 0.25) is 0 Å². The van der Waals surface area contributed by atoms with Gasteiger partial charge in [-0.25, -0.2) is 5.10 Å². The van der Waals surface area contributed by atoms with Gasteiger partial charge in [-0.05, 0) is 63.6 Å². The first kappa shape index (κ1) is 27.4. The van der Waals surface area contributed by atoms with Crippen molar-refractivity contribution in [1.82, 2.24) is 25.5 Å². The van der Waals surface area contributed by atoms with E-state index in [0.717, 1.165) is 65.1 Å². The molecule has 3 aliphatic heterocycles. The Morgan fingerprint density at radius 1 is 0.860 bits per heavy atom. The van der Waals surface area contributed by atoms with Crippen molar-refractivity contribution in [3.8, 4) is 22.5 Å². The van der Waals surface area contributed by atoms with Crippen molar-refractivity contribution >= 4 is 17.1 Å². The van der Waals surface area contributed by atoms with Crippen LogP contribution in [0.5, 0.6) is 0 Å². The number of rotatable bonds is 9. The number of unbranched alkanes of at least 4 members (excludes halogenated alkanes) is 1. The monoisotopic (exact) mass is 573 g/mol. The number of dihydropyridines is 1. The number of aromatic nitrogens is 4. The highest BCUT2D eigenvalue weighted by atomic mass is 16.7. The van der Waals surface area contributed by atoms with Gasteiger partial charge < -0.3 is 14.4 Å². The second-order valence-corrected chi connectivity index (χ2v) is 11.1. The summed E-state index contributed by atoms with van der Waals surface area (Å²) in [7, 11) is 0. The highest BCUT2D eigenvalue weighted by molar-refractivity contribution is 6.48. The number of ether oxygens (including phenoxy) is 2. The molecular formula is C34H35N7O2. The van der Waals surface area contributed by atoms with Crippen LogP contribution in [0.2, 0.25) is 0 Å². The first-order valence-corrected chi connectivity index (χ1v) is 15.1. The van der Waals surface area contributed by atoms with E-state index in [1.807, 2.05) is 24.3 Å². The van der Waals surface area contributed by atoms with Crippen LogP contribution < -0.4 is 0 Å². The minimum atomic E-state index is -0.412. The molecule has 3 aliphatic rings. The molecule has 9 nitrogen and oxygen atoms in total. The van der Waals surface area contributed by atoms with E-state index in [4.69, 9.17) is 19.5 Å². The summed E-state index contributed by atoms with van der Waals surface area (Å²) >= 11 is 0. The highest BCUT2D eigenvalue weighted by Crippen LogP contribution is 2.35. The van der Waals surface area contributed by atoms with E-state index in [2.05, 4.69) is 93.1 Å². The summed E-state index contributed by atoms with van der Waals surface area (Å²) in [6, 6.07) is 27.0. The summed E-state index contributed by atoms with van der Waals surface area (Å²) < 4.78 is 12.2. The van der Waals surface area contributed by atoms with Crippen LogP contribution in [0, 0.1) is 0 Å². The van der Waals surface area contributed by atoms with Gasteiger partial charge in [-0.3, -0.25) is 9.98 Å². The molecule has 7 rings (SSSR count). The molecule has 9 heteroatoms. The molecule has 218 valence electrons. The van der Waals surface area contributed by atoms with Crippen LogP contribution >= 0.6 is 0 Å². The lowest BCUT2D eigenvalue weighted by atomic mass is 9.94. The highest BCUT2D eigenvalue weighted by Gasteiger charge is 2.39. The number of tetrazole rings is 1. The maximum Gasteiger partial charge on any atom is 0.184 e. The number of nitrogens with one attached hydrogen (secondary N) is 1. The van der Waals surface area contributed by atoms with Gasteiger partial charge in [-0.15, -0.1) is 5.10 Å². The Morgan fingerprint density at radius 2 is 1.63 bits per heavy atom. The van der Waals surface area contributed by atoms with Crippen LogP contribution in [0.1, 0.15) is 43.7 Å². The largest absolute Gasteiger partial charge is 0.350 e. The van der Waals surface area contributed by atoms with Crippen molar-refractivity contribution in [3.63, 3.8) is 0 Å². The number of aliphatic imine (C=N–C) groups is 2. The smallest absolute Gasteiger partial charge is 0.184 e. The lowest BCUT2D eigenvalue weighted by Crippen LogP contribution is -2.42. The van der Waals surface area contributed by atoms with E-state index in [0.29, 0.717) is 25.6 Å². The fraction of sp³-hybridized carbons (Fsp3) is 0.324. The average molecular weight is 574 g/mol. The molecule has 0 amide bonds. The zero-order chi connectivity index (χ0) is 29.0. The molecule has 0 aliphatic carbocycles. The molecule has 43 heavy (non-hydrogen) atoms. The van der Waals surface area contributed by atoms with E-state index < -0.39 is 6.29 Å². The Bertz CT molecular complexity index is 1620. The van der Waals surface area contributed by atoms with E-state index in [1.165, 1.54) is 5.56 Å². The molecule has 0 radical (unpaired) electrons. The van der Waals surface area contributed by atoms with Crippen LogP contribution in [0.25, 0.3) is 28.1 Å². The van der Waals surface area contributed by atoms with E-state index in [-0.39, 0.29) is 12.2 Å². The van der Waals surface area contributed by atoms with Gasteiger partial charge in [0.25, 0.3) is 0 Å². The van der Waals surface area contributed by atoms with Gasteiger partial charge in [-0.2, -0.15) is 0 Å². The van der Waals surface area contributed by atoms with Crippen molar-refractivity contribution in [1.29, 1.82) is 0 Å². The molecule has 2 atom stereocenters. The predicted molar refractivity (Wildman–Crippen MR) is 167 cm³/mol. The summed E-state index contributed by atoms with van der Waals surface area (Å²) in [4.78, 5) is 12.9. The van der Waals surface area contributed by atoms with Gasteiger partial charge in [0.15, 0.2) is 18.0 Å². The Hall–Kier alpha value is -4.47. The lowest BCUT2D eigenvalue weighted by Gasteiger charge is -2.34. The molecule has 4 aromatic rings. The van der Waals surface area contributed by atoms with Crippen molar-refractivity contribution < 1.29 is 9.47 Å². The van der Waals surface area contributed by atoms with Gasteiger partial charge in [0.05, 0.1) is 13.2 Å². The quantitative estimate of drug-likeness (QED) is 0.266. The SMILES string of the molecule is CCCCC1N=C2C=C(c3ccccc3)C(C3OCCCO3)N=C2N1Cc1ccc(-c2ccccc2-c2nnn[nH]2)cc1. The van der Waals surface area contributed by atoms with Gasteiger partial charge in [0.1, 0.15) is 17.9 Å². The van der Waals surface area contributed by atoms with Crippen molar-refractivity contribution in [3.05, 3.63) is 96.1 Å². The number of benzene rings is 3. The standard InChI is InChI=1S/C34H35N7O2/c1-2-3-14-30-35-29-21-28(24-10-5-4-6-11-24)31(34-42-19-9-20-43-34)36-33(29)41(30)22-23-15-17-25(18-16-23)26-12-7-8-13-27(26)32-37-39-40-38-32/h4-8,10-13,15-18,21,30-31,34H,2-3,9,14,19-20,22H2,1H3,(H,37,38,39,40). The molecule has 4 heterocycles. The van der Waals surface area contributed by atoms with Crippen LogP contribution in [0.15, 0.2) is 94.9 Å². The molecule has 0 saturated carbocycles. The Labute approximate surface area is 251 Å². The zero-order valence-electron chi connectivity index (χ0n) is 24.3. The number of fused-ring (bicyclic) bond motifs is 1. The topological polar surface area (TPSA) is 101 Å². The minimum Gasteiger partial charge on any atom is -0.350 e. The van der Waals surface area contributed by atoms with Crippen molar-refractivity contribution in [2.45, 2.75) is 57.6 Å². The maximum atomic E-state index is 6.11. The normalized spacial score (nSPS) is 20.4. The fourth-order valence-electron chi connectivity index (χ4n) is 6.02. The molecule has 2 unspecified atom stereocenters. The van der Waals surface area contributed by atoms with Gasteiger partial charge in [0, 0.05) is 12.1 Å². The van der Waals surface area contributed by atoms with Crippen LogP contribution in [-0.4, -0.2) is 68.8 Å². The first-order chi connectivity index (χ1) is 21.3. The number of aromatic amines is 1. The van der Waals surface area contributed by atoms with E-state index in [1.54, 1.807) is 0 Å². The Kier molecular flexibility index (Phi) is 7.90. The lowest BCUT2D eigenvalue weighted by molar-refractivity contribution is -0.180.